The van der Waals surface area contributed by atoms with Crippen molar-refractivity contribution in [2.45, 2.75) is 34.0 Å². The van der Waals surface area contributed by atoms with Crippen LogP contribution in [0, 0.1) is 0 Å². The van der Waals surface area contributed by atoms with E-state index in [0.717, 1.165) is 28.3 Å². The maximum Gasteiger partial charge on any atom is 0.416 e. The lowest BCUT2D eigenvalue weighted by molar-refractivity contribution is -0.137. The first-order valence-electron chi connectivity index (χ1n) is 7.01. The number of halogens is 4. The number of carbonyl (C=O) groups excluding carboxylic acids is 1. The van der Waals surface area contributed by atoms with Crippen LogP contribution in [0.25, 0.3) is 0 Å². The summed E-state index contributed by atoms with van der Waals surface area (Å²) in [5.41, 5.74) is -0.953. The molecule has 0 aliphatic rings. The number of amides is 1. The molecule has 0 saturated carbocycles. The Labute approximate surface area is 159 Å². The first kappa shape index (κ1) is 20.3. The van der Waals surface area contributed by atoms with Crippen LogP contribution < -0.4 is 5.32 Å². The van der Waals surface area contributed by atoms with Crippen LogP contribution in [-0.2, 0) is 11.0 Å². The summed E-state index contributed by atoms with van der Waals surface area (Å²) in [6.45, 7) is 3.63. The van der Waals surface area contributed by atoms with Gasteiger partial charge in [-0.3, -0.25) is 4.79 Å². The number of nitrogens with zero attached hydrogens (tertiary/aromatic N) is 2. The van der Waals surface area contributed by atoms with Crippen LogP contribution in [-0.4, -0.2) is 27.1 Å². The van der Waals surface area contributed by atoms with Crippen LogP contribution in [0.4, 0.5) is 18.9 Å². The van der Waals surface area contributed by atoms with E-state index in [2.05, 4.69) is 15.5 Å². The molecule has 25 heavy (non-hydrogen) atoms. The summed E-state index contributed by atoms with van der Waals surface area (Å²) in [6.07, 6.45) is -4.51. The number of hydrogen-bond acceptors (Lipinski definition) is 6. The van der Waals surface area contributed by atoms with Gasteiger partial charge < -0.3 is 5.32 Å². The molecule has 2 rings (SSSR count). The van der Waals surface area contributed by atoms with E-state index in [0.29, 0.717) is 4.34 Å². The molecule has 11 heteroatoms. The number of rotatable bonds is 6. The van der Waals surface area contributed by atoms with Crippen molar-refractivity contribution in [3.8, 4) is 0 Å². The van der Waals surface area contributed by atoms with Crippen LogP contribution in [0.2, 0.25) is 5.02 Å². The SMILES string of the molecule is CCSc1nnc(S[C@@H](C)C(=O)Nc2cc(C(F)(F)F)ccc2Cl)s1. The molecular weight excluding hydrogens is 415 g/mol. The van der Waals surface area contributed by atoms with Gasteiger partial charge in [0.25, 0.3) is 0 Å². The van der Waals surface area contributed by atoms with Crippen LogP contribution in [0.3, 0.4) is 0 Å². The van der Waals surface area contributed by atoms with Gasteiger partial charge in [0.2, 0.25) is 5.91 Å². The van der Waals surface area contributed by atoms with E-state index in [4.69, 9.17) is 11.6 Å². The monoisotopic (exact) mass is 427 g/mol. The Kier molecular flexibility index (Phi) is 7.01. The second-order valence-corrected chi connectivity index (χ2v) is 9.19. The lowest BCUT2D eigenvalue weighted by Gasteiger charge is -2.14. The Morgan fingerprint density at radius 1 is 1.36 bits per heavy atom. The number of anilines is 1. The van der Waals surface area contributed by atoms with Crippen molar-refractivity contribution in [1.82, 2.24) is 10.2 Å². The smallest absolute Gasteiger partial charge is 0.324 e. The molecule has 0 saturated heterocycles. The summed E-state index contributed by atoms with van der Waals surface area (Å²) in [6, 6.07) is 2.79. The van der Waals surface area contributed by atoms with Gasteiger partial charge >= 0.3 is 6.18 Å². The van der Waals surface area contributed by atoms with E-state index in [1.165, 1.54) is 23.1 Å². The number of alkyl halides is 3. The summed E-state index contributed by atoms with van der Waals surface area (Å²) in [5.74, 6) is 0.398. The number of benzene rings is 1. The van der Waals surface area contributed by atoms with Crippen molar-refractivity contribution < 1.29 is 18.0 Å². The fourth-order valence-corrected chi connectivity index (χ4v) is 4.89. The molecule has 1 atom stereocenters. The minimum atomic E-state index is -4.51. The van der Waals surface area contributed by atoms with Gasteiger partial charge in [-0.1, -0.05) is 53.4 Å². The second kappa shape index (κ2) is 8.61. The van der Waals surface area contributed by atoms with Crippen molar-refractivity contribution in [3.63, 3.8) is 0 Å². The Hall–Kier alpha value is -0.970. The number of nitrogens with one attached hydrogen (secondary N) is 1. The molecule has 0 aliphatic heterocycles. The molecule has 1 aromatic carbocycles. The van der Waals surface area contributed by atoms with Crippen molar-refractivity contribution in [3.05, 3.63) is 28.8 Å². The molecule has 1 N–H and O–H groups in total. The highest BCUT2D eigenvalue weighted by atomic mass is 35.5. The van der Waals surface area contributed by atoms with E-state index in [9.17, 15) is 18.0 Å². The largest absolute Gasteiger partial charge is 0.416 e. The zero-order chi connectivity index (χ0) is 18.6. The lowest BCUT2D eigenvalue weighted by Crippen LogP contribution is -2.22. The van der Waals surface area contributed by atoms with Crippen molar-refractivity contribution in [1.29, 1.82) is 0 Å². The second-order valence-electron chi connectivity index (χ2n) is 4.71. The third kappa shape index (κ3) is 5.77. The molecule has 0 unspecified atom stereocenters. The maximum atomic E-state index is 12.8. The predicted octanol–water partition coefficient (Wildman–Crippen LogP) is 5.44. The molecule has 1 amide bonds. The van der Waals surface area contributed by atoms with Gasteiger partial charge in [0.15, 0.2) is 8.68 Å². The van der Waals surface area contributed by atoms with Crippen molar-refractivity contribution >= 4 is 58.1 Å². The third-order valence-corrected chi connectivity index (χ3v) is 6.31. The normalized spacial score (nSPS) is 12.9. The van der Waals surface area contributed by atoms with Gasteiger partial charge in [0.1, 0.15) is 0 Å². The highest BCUT2D eigenvalue weighted by molar-refractivity contribution is 8.03. The van der Waals surface area contributed by atoms with Gasteiger partial charge in [0, 0.05) is 0 Å². The number of aromatic nitrogens is 2. The van der Waals surface area contributed by atoms with Gasteiger partial charge in [-0.2, -0.15) is 13.2 Å². The summed E-state index contributed by atoms with van der Waals surface area (Å²) in [4.78, 5) is 12.2. The number of hydrogen-bond donors (Lipinski definition) is 1. The van der Waals surface area contributed by atoms with Gasteiger partial charge in [-0.05, 0) is 30.9 Å². The Morgan fingerprint density at radius 3 is 2.68 bits per heavy atom. The molecule has 1 heterocycles. The molecule has 0 aliphatic carbocycles. The number of carbonyl (C=O) groups is 1. The summed E-state index contributed by atoms with van der Waals surface area (Å²) in [7, 11) is 0. The van der Waals surface area contributed by atoms with Gasteiger partial charge in [-0.25, -0.2) is 0 Å². The molecule has 0 bridgehead atoms. The highest BCUT2D eigenvalue weighted by Crippen LogP contribution is 2.35. The summed E-state index contributed by atoms with van der Waals surface area (Å²) < 4.78 is 39.7. The maximum absolute atomic E-state index is 12.8. The Balaban J connectivity index is 2.05. The van der Waals surface area contributed by atoms with Gasteiger partial charge in [0.05, 0.1) is 21.5 Å². The topological polar surface area (TPSA) is 54.9 Å². The molecule has 0 radical (unpaired) electrons. The van der Waals surface area contributed by atoms with Crippen LogP contribution in [0.5, 0.6) is 0 Å². The first-order valence-corrected chi connectivity index (χ1v) is 10.1. The molecule has 1 aromatic heterocycles. The minimum Gasteiger partial charge on any atom is -0.324 e. The van der Waals surface area contributed by atoms with E-state index < -0.39 is 22.9 Å². The molecule has 0 fully saturated rings. The van der Waals surface area contributed by atoms with Gasteiger partial charge in [-0.15, -0.1) is 10.2 Å². The zero-order valence-corrected chi connectivity index (χ0v) is 16.3. The fourth-order valence-electron chi connectivity index (χ4n) is 1.66. The van der Waals surface area contributed by atoms with Crippen LogP contribution in [0.1, 0.15) is 19.4 Å². The highest BCUT2D eigenvalue weighted by Gasteiger charge is 2.31. The minimum absolute atomic E-state index is 0.0381. The predicted molar refractivity (Wildman–Crippen MR) is 96.7 cm³/mol. The average molecular weight is 428 g/mol. The van der Waals surface area contributed by atoms with Crippen LogP contribution >= 0.6 is 46.5 Å². The van der Waals surface area contributed by atoms with E-state index in [1.807, 2.05) is 6.92 Å². The average Bonchev–Trinajstić information content (AvgIpc) is 2.95. The quantitative estimate of drug-likeness (QED) is 0.622. The lowest BCUT2D eigenvalue weighted by atomic mass is 10.2. The summed E-state index contributed by atoms with van der Waals surface area (Å²) in [5, 5.41) is 9.87. The van der Waals surface area contributed by atoms with E-state index in [1.54, 1.807) is 18.7 Å². The molecule has 0 spiro atoms. The van der Waals surface area contributed by atoms with E-state index >= 15 is 0 Å². The van der Waals surface area contributed by atoms with Crippen molar-refractivity contribution in [2.24, 2.45) is 0 Å². The molecule has 4 nitrogen and oxygen atoms in total. The zero-order valence-electron chi connectivity index (χ0n) is 13.1. The standard InChI is InChI=1S/C14H13ClF3N3OS3/c1-3-23-12-20-21-13(25-12)24-7(2)11(22)19-10-6-8(14(16,17)18)4-5-9(10)15/h4-7H,3H2,1-2H3,(H,19,22)/t7-/m0/s1. The Bertz CT molecular complexity index is 754. The fraction of sp³-hybridized carbons (Fsp3) is 0.357. The molecular formula is C14H13ClF3N3OS3. The third-order valence-electron chi connectivity index (χ3n) is 2.85. The summed E-state index contributed by atoms with van der Waals surface area (Å²) >= 11 is 9.98. The van der Waals surface area contributed by atoms with Crippen molar-refractivity contribution in [2.75, 3.05) is 11.1 Å². The molecule has 136 valence electrons. The first-order chi connectivity index (χ1) is 11.7. The molecule has 2 aromatic rings. The Morgan fingerprint density at radius 2 is 2.04 bits per heavy atom. The van der Waals surface area contributed by atoms with E-state index in [-0.39, 0.29) is 10.7 Å². The number of thioether (sulfide) groups is 2. The van der Waals surface area contributed by atoms with Crippen LogP contribution in [0.15, 0.2) is 26.9 Å².